The number of anilines is 1. The summed E-state index contributed by atoms with van der Waals surface area (Å²) in [5.41, 5.74) is 1.14. The molecule has 2 aromatic carbocycles. The Morgan fingerprint density at radius 2 is 1.71 bits per heavy atom. The number of nitrogens with zero attached hydrogens (tertiary/aromatic N) is 1. The van der Waals surface area contributed by atoms with Crippen LogP contribution in [0, 0.1) is 0 Å². The molecule has 0 unspecified atom stereocenters. The quantitative estimate of drug-likeness (QED) is 0.936. The van der Waals surface area contributed by atoms with Gasteiger partial charge in [0.1, 0.15) is 11.5 Å². The Balaban J connectivity index is 1.84. The summed E-state index contributed by atoms with van der Waals surface area (Å²) in [5.74, 6) is 2.47. The van der Waals surface area contributed by atoms with E-state index in [1.54, 1.807) is 7.11 Å². The van der Waals surface area contributed by atoms with Crippen molar-refractivity contribution in [3.8, 4) is 17.2 Å². The molecule has 21 heavy (non-hydrogen) atoms. The molecule has 0 atom stereocenters. The molecular weight excluding hydrogens is 264 g/mol. The molecule has 1 aliphatic rings. The van der Waals surface area contributed by atoms with Crippen LogP contribution in [-0.2, 0) is 0 Å². The van der Waals surface area contributed by atoms with Crippen LogP contribution in [0.15, 0.2) is 48.5 Å². The zero-order valence-electron chi connectivity index (χ0n) is 12.2. The fourth-order valence-electron chi connectivity index (χ4n) is 2.50. The van der Waals surface area contributed by atoms with E-state index in [2.05, 4.69) is 22.3 Å². The van der Waals surface area contributed by atoms with E-state index < -0.39 is 0 Å². The molecule has 0 bridgehead atoms. The minimum absolute atomic E-state index is 0.789. The molecule has 1 saturated heterocycles. The third-order valence-electron chi connectivity index (χ3n) is 3.59. The van der Waals surface area contributed by atoms with Crippen LogP contribution in [0.4, 0.5) is 5.69 Å². The van der Waals surface area contributed by atoms with Gasteiger partial charge in [0.15, 0.2) is 5.75 Å². The molecule has 110 valence electrons. The van der Waals surface area contributed by atoms with Gasteiger partial charge in [-0.3, -0.25) is 0 Å². The third kappa shape index (κ3) is 3.28. The van der Waals surface area contributed by atoms with Gasteiger partial charge in [-0.1, -0.05) is 18.2 Å². The first kappa shape index (κ1) is 13.8. The van der Waals surface area contributed by atoms with Crippen molar-refractivity contribution in [3.05, 3.63) is 48.5 Å². The molecule has 1 aliphatic heterocycles. The van der Waals surface area contributed by atoms with Crippen LogP contribution < -0.4 is 19.7 Å². The zero-order valence-corrected chi connectivity index (χ0v) is 12.2. The molecule has 1 heterocycles. The van der Waals surface area contributed by atoms with Gasteiger partial charge in [-0.25, -0.2) is 0 Å². The Bertz CT molecular complexity index is 595. The standard InChI is InChI=1S/C17H20N2O2/c1-20-14-5-4-6-15(13-14)21-17-8-3-2-7-16(17)19-11-9-18-10-12-19/h2-8,13,18H,9-12H2,1H3. The number of para-hydroxylation sites is 2. The smallest absolute Gasteiger partial charge is 0.150 e. The molecule has 1 N–H and O–H groups in total. The highest BCUT2D eigenvalue weighted by molar-refractivity contribution is 5.60. The average Bonchev–Trinajstić information content (AvgIpc) is 2.56. The van der Waals surface area contributed by atoms with E-state index in [0.29, 0.717) is 0 Å². The fraction of sp³-hybridized carbons (Fsp3) is 0.294. The summed E-state index contributed by atoms with van der Waals surface area (Å²) in [6.45, 7) is 4.01. The molecule has 0 aliphatic carbocycles. The summed E-state index contributed by atoms with van der Waals surface area (Å²) in [7, 11) is 1.66. The lowest BCUT2D eigenvalue weighted by atomic mass is 10.2. The first-order chi connectivity index (χ1) is 10.4. The van der Waals surface area contributed by atoms with E-state index in [4.69, 9.17) is 9.47 Å². The summed E-state index contributed by atoms with van der Waals surface area (Å²) in [6.07, 6.45) is 0. The highest BCUT2D eigenvalue weighted by Gasteiger charge is 2.15. The lowest BCUT2D eigenvalue weighted by molar-refractivity contribution is 0.409. The number of nitrogens with one attached hydrogen (secondary N) is 1. The van der Waals surface area contributed by atoms with Crippen LogP contribution >= 0.6 is 0 Å². The second-order valence-electron chi connectivity index (χ2n) is 4.99. The molecule has 0 radical (unpaired) electrons. The van der Waals surface area contributed by atoms with Crippen molar-refractivity contribution >= 4 is 5.69 Å². The maximum absolute atomic E-state index is 6.06. The van der Waals surface area contributed by atoms with Gasteiger partial charge in [-0.15, -0.1) is 0 Å². The van der Waals surface area contributed by atoms with E-state index in [1.165, 1.54) is 0 Å². The van der Waals surface area contributed by atoms with Crippen molar-refractivity contribution in [2.24, 2.45) is 0 Å². The second kappa shape index (κ2) is 6.50. The molecule has 1 fully saturated rings. The third-order valence-corrected chi connectivity index (χ3v) is 3.59. The SMILES string of the molecule is COc1cccc(Oc2ccccc2N2CCNCC2)c1. The van der Waals surface area contributed by atoms with E-state index in [-0.39, 0.29) is 0 Å². The fourth-order valence-corrected chi connectivity index (χ4v) is 2.50. The number of rotatable bonds is 4. The van der Waals surface area contributed by atoms with Crippen LogP contribution in [0.5, 0.6) is 17.2 Å². The molecule has 0 amide bonds. The van der Waals surface area contributed by atoms with Gasteiger partial charge in [-0.05, 0) is 24.3 Å². The van der Waals surface area contributed by atoms with Crippen molar-refractivity contribution in [3.63, 3.8) is 0 Å². The summed E-state index contributed by atoms with van der Waals surface area (Å²) >= 11 is 0. The van der Waals surface area contributed by atoms with Crippen molar-refractivity contribution in [1.29, 1.82) is 0 Å². The van der Waals surface area contributed by atoms with Gasteiger partial charge in [0.2, 0.25) is 0 Å². The Hall–Kier alpha value is -2.20. The van der Waals surface area contributed by atoms with Gasteiger partial charge in [0.25, 0.3) is 0 Å². The van der Waals surface area contributed by atoms with Crippen molar-refractivity contribution in [2.45, 2.75) is 0 Å². The maximum Gasteiger partial charge on any atom is 0.150 e. The monoisotopic (exact) mass is 284 g/mol. The predicted molar refractivity (Wildman–Crippen MR) is 84.6 cm³/mol. The minimum atomic E-state index is 0.789. The number of piperazine rings is 1. The van der Waals surface area contributed by atoms with Gasteiger partial charge in [0, 0.05) is 32.2 Å². The second-order valence-corrected chi connectivity index (χ2v) is 4.99. The molecule has 4 nitrogen and oxygen atoms in total. The lowest BCUT2D eigenvalue weighted by Gasteiger charge is -2.30. The van der Waals surface area contributed by atoms with E-state index in [9.17, 15) is 0 Å². The minimum Gasteiger partial charge on any atom is -0.497 e. The average molecular weight is 284 g/mol. The molecule has 0 aromatic heterocycles. The molecule has 4 heteroatoms. The van der Waals surface area contributed by atoms with E-state index >= 15 is 0 Å². The highest BCUT2D eigenvalue weighted by atomic mass is 16.5. The van der Waals surface area contributed by atoms with Crippen molar-refractivity contribution < 1.29 is 9.47 Å². The lowest BCUT2D eigenvalue weighted by Crippen LogP contribution is -2.43. The predicted octanol–water partition coefficient (Wildman–Crippen LogP) is 2.90. The summed E-state index contributed by atoms with van der Waals surface area (Å²) in [4.78, 5) is 2.35. The van der Waals surface area contributed by atoms with Gasteiger partial charge in [0.05, 0.1) is 12.8 Å². The highest BCUT2D eigenvalue weighted by Crippen LogP contribution is 2.33. The summed E-state index contributed by atoms with van der Waals surface area (Å²) < 4.78 is 11.3. The van der Waals surface area contributed by atoms with Crippen molar-refractivity contribution in [1.82, 2.24) is 5.32 Å². The largest absolute Gasteiger partial charge is 0.497 e. The first-order valence-electron chi connectivity index (χ1n) is 7.23. The number of hydrogen-bond donors (Lipinski definition) is 1. The van der Waals surface area contributed by atoms with Crippen molar-refractivity contribution in [2.75, 3.05) is 38.2 Å². The summed E-state index contributed by atoms with van der Waals surface area (Å²) in [6, 6.07) is 15.9. The van der Waals surface area contributed by atoms with Crippen LogP contribution in [0.2, 0.25) is 0 Å². The Morgan fingerprint density at radius 3 is 2.52 bits per heavy atom. The van der Waals surface area contributed by atoms with Crippen LogP contribution in [0.3, 0.4) is 0 Å². The summed E-state index contributed by atoms with van der Waals surface area (Å²) in [5, 5.41) is 3.37. The Morgan fingerprint density at radius 1 is 0.952 bits per heavy atom. The number of methoxy groups -OCH3 is 1. The van der Waals surface area contributed by atoms with Crippen LogP contribution in [-0.4, -0.2) is 33.3 Å². The van der Waals surface area contributed by atoms with Crippen LogP contribution in [0.25, 0.3) is 0 Å². The molecule has 3 rings (SSSR count). The van der Waals surface area contributed by atoms with Gasteiger partial charge in [-0.2, -0.15) is 0 Å². The maximum atomic E-state index is 6.06. The molecule has 0 spiro atoms. The number of ether oxygens (including phenoxy) is 2. The molecule has 0 saturated carbocycles. The number of benzene rings is 2. The first-order valence-corrected chi connectivity index (χ1v) is 7.23. The van der Waals surface area contributed by atoms with Gasteiger partial charge < -0.3 is 19.7 Å². The Kier molecular flexibility index (Phi) is 4.26. The molecule has 2 aromatic rings. The zero-order chi connectivity index (χ0) is 14.5. The normalized spacial score (nSPS) is 14.8. The number of hydrogen-bond acceptors (Lipinski definition) is 4. The Labute approximate surface area is 125 Å². The molecular formula is C17H20N2O2. The van der Waals surface area contributed by atoms with Gasteiger partial charge >= 0.3 is 0 Å². The van der Waals surface area contributed by atoms with E-state index in [1.807, 2.05) is 36.4 Å². The van der Waals surface area contributed by atoms with E-state index in [0.717, 1.165) is 49.1 Å². The van der Waals surface area contributed by atoms with Crippen LogP contribution in [0.1, 0.15) is 0 Å². The topological polar surface area (TPSA) is 33.7 Å².